The SMILES string of the molecule is O=C([O-])C[NH+](CCO)C(CO)CCO. The summed E-state index contributed by atoms with van der Waals surface area (Å²) in [5.74, 6) is -1.23. The van der Waals surface area contributed by atoms with Gasteiger partial charge in [0.2, 0.25) is 0 Å². The molecule has 0 spiro atoms. The molecule has 2 unspecified atom stereocenters. The molecule has 0 aromatic rings. The number of rotatable bonds is 8. The average molecular weight is 207 g/mol. The largest absolute Gasteiger partial charge is 0.544 e. The third-order valence-corrected chi connectivity index (χ3v) is 2.08. The van der Waals surface area contributed by atoms with E-state index in [4.69, 9.17) is 15.3 Å². The quantitative estimate of drug-likeness (QED) is 0.320. The van der Waals surface area contributed by atoms with Crippen LogP contribution in [0.4, 0.5) is 0 Å². The third kappa shape index (κ3) is 5.13. The molecule has 0 aliphatic rings. The molecule has 14 heavy (non-hydrogen) atoms. The van der Waals surface area contributed by atoms with Gasteiger partial charge in [0.25, 0.3) is 0 Å². The van der Waals surface area contributed by atoms with E-state index < -0.39 is 5.97 Å². The first kappa shape index (κ1) is 13.3. The molecule has 0 aliphatic heterocycles. The minimum absolute atomic E-state index is 0.118. The lowest BCUT2D eigenvalue weighted by molar-refractivity contribution is -0.921. The van der Waals surface area contributed by atoms with Crippen molar-refractivity contribution in [2.75, 3.05) is 32.9 Å². The molecule has 0 bridgehead atoms. The molecule has 0 aromatic heterocycles. The number of carbonyl (C=O) groups is 1. The molecule has 84 valence electrons. The van der Waals surface area contributed by atoms with Crippen LogP contribution in [-0.4, -0.2) is 60.2 Å². The molecule has 0 saturated heterocycles. The number of carboxylic acid groups (broad SMARTS) is 1. The smallest absolute Gasteiger partial charge is 0.118 e. The summed E-state index contributed by atoms with van der Waals surface area (Å²) in [6.07, 6.45) is 0.305. The van der Waals surface area contributed by atoms with Crippen LogP contribution in [-0.2, 0) is 4.79 Å². The molecule has 0 amide bonds. The van der Waals surface area contributed by atoms with Crippen molar-refractivity contribution in [3.05, 3.63) is 0 Å². The molecule has 0 aliphatic carbocycles. The zero-order valence-corrected chi connectivity index (χ0v) is 7.98. The van der Waals surface area contributed by atoms with E-state index in [1.807, 2.05) is 0 Å². The summed E-state index contributed by atoms with van der Waals surface area (Å²) in [5, 5.41) is 36.6. The second-order valence-corrected chi connectivity index (χ2v) is 3.07. The van der Waals surface area contributed by atoms with Crippen molar-refractivity contribution in [3.8, 4) is 0 Å². The van der Waals surface area contributed by atoms with Gasteiger partial charge in [0.15, 0.2) is 0 Å². The van der Waals surface area contributed by atoms with Crippen molar-refractivity contribution < 1.29 is 30.1 Å². The lowest BCUT2D eigenvalue weighted by atomic mass is 10.2. The number of carbonyl (C=O) groups excluding carboxylic acids is 1. The Morgan fingerprint density at radius 3 is 2.29 bits per heavy atom. The number of hydrogen-bond acceptors (Lipinski definition) is 5. The maximum absolute atomic E-state index is 10.4. The van der Waals surface area contributed by atoms with Gasteiger partial charge in [0, 0.05) is 13.0 Å². The monoisotopic (exact) mass is 207 g/mol. The summed E-state index contributed by atoms with van der Waals surface area (Å²) in [4.78, 5) is 10.9. The zero-order chi connectivity index (χ0) is 11.0. The van der Waals surface area contributed by atoms with E-state index in [1.54, 1.807) is 0 Å². The Morgan fingerprint density at radius 2 is 1.93 bits per heavy atom. The molecule has 0 aromatic carbocycles. The topological polar surface area (TPSA) is 105 Å². The van der Waals surface area contributed by atoms with Gasteiger partial charge in [0.1, 0.15) is 19.1 Å². The van der Waals surface area contributed by atoms with Gasteiger partial charge in [-0.15, -0.1) is 0 Å². The Balaban J connectivity index is 4.18. The highest BCUT2D eigenvalue weighted by molar-refractivity contribution is 5.65. The lowest BCUT2D eigenvalue weighted by Crippen LogP contribution is -3.18. The summed E-state index contributed by atoms with van der Waals surface area (Å²) in [5.41, 5.74) is 0. The van der Waals surface area contributed by atoms with Gasteiger partial charge in [-0.25, -0.2) is 0 Å². The second kappa shape index (κ2) is 7.69. The van der Waals surface area contributed by atoms with Gasteiger partial charge >= 0.3 is 0 Å². The van der Waals surface area contributed by atoms with Crippen LogP contribution < -0.4 is 10.0 Å². The fraction of sp³-hybridized carbons (Fsp3) is 0.875. The first-order valence-corrected chi connectivity index (χ1v) is 4.52. The maximum Gasteiger partial charge on any atom is 0.118 e. The molecule has 0 rings (SSSR count). The molecule has 2 atom stereocenters. The van der Waals surface area contributed by atoms with Gasteiger partial charge in [-0.05, 0) is 0 Å². The first-order valence-electron chi connectivity index (χ1n) is 4.52. The van der Waals surface area contributed by atoms with Gasteiger partial charge in [-0.1, -0.05) is 0 Å². The highest BCUT2D eigenvalue weighted by Crippen LogP contribution is 1.83. The van der Waals surface area contributed by atoms with Crippen molar-refractivity contribution >= 4 is 5.97 Å². The highest BCUT2D eigenvalue weighted by Gasteiger charge is 2.20. The lowest BCUT2D eigenvalue weighted by Gasteiger charge is -2.26. The first-order chi connectivity index (χ1) is 6.65. The summed E-state index contributed by atoms with van der Waals surface area (Å²) >= 11 is 0. The van der Waals surface area contributed by atoms with Crippen molar-refractivity contribution in [1.29, 1.82) is 0 Å². The van der Waals surface area contributed by atoms with Crippen molar-refractivity contribution in [2.45, 2.75) is 12.5 Å². The summed E-state index contributed by atoms with van der Waals surface area (Å²) in [7, 11) is 0. The maximum atomic E-state index is 10.4. The van der Waals surface area contributed by atoms with E-state index in [9.17, 15) is 9.90 Å². The van der Waals surface area contributed by atoms with E-state index in [-0.39, 0.29) is 39.0 Å². The van der Waals surface area contributed by atoms with Crippen LogP contribution in [0.25, 0.3) is 0 Å². The molecule has 6 heteroatoms. The molecular formula is C8H17NO5. The molecule has 4 N–H and O–H groups in total. The molecule has 6 nitrogen and oxygen atoms in total. The molecule has 0 radical (unpaired) electrons. The molecule has 0 fully saturated rings. The second-order valence-electron chi connectivity index (χ2n) is 3.07. The van der Waals surface area contributed by atoms with Crippen LogP contribution in [0.2, 0.25) is 0 Å². The fourth-order valence-electron chi connectivity index (χ4n) is 1.35. The Morgan fingerprint density at radius 1 is 1.29 bits per heavy atom. The van der Waals surface area contributed by atoms with E-state index in [2.05, 4.69) is 0 Å². The molecule has 0 saturated carbocycles. The number of nitrogens with one attached hydrogen (secondary N) is 1. The van der Waals surface area contributed by atoms with Crippen LogP contribution >= 0.6 is 0 Å². The summed E-state index contributed by atoms with van der Waals surface area (Å²) in [6, 6.07) is -0.370. The number of aliphatic hydroxyl groups excluding tert-OH is 3. The standard InChI is InChI=1S/C8H17NO5/c10-3-1-7(6-12)9(2-4-11)5-8(13)14/h7,10-12H,1-6H2,(H,13,14). The van der Waals surface area contributed by atoms with Gasteiger partial charge in [-0.2, -0.15) is 0 Å². The van der Waals surface area contributed by atoms with E-state index in [0.29, 0.717) is 11.3 Å². The Kier molecular flexibility index (Phi) is 7.31. The van der Waals surface area contributed by atoms with E-state index in [1.165, 1.54) is 0 Å². The van der Waals surface area contributed by atoms with E-state index in [0.717, 1.165) is 0 Å². The number of hydrogen-bond donors (Lipinski definition) is 4. The van der Waals surface area contributed by atoms with Crippen molar-refractivity contribution in [2.24, 2.45) is 0 Å². The molecular weight excluding hydrogens is 190 g/mol. The van der Waals surface area contributed by atoms with Crippen LogP contribution in [0.15, 0.2) is 0 Å². The Labute approximate surface area is 82.4 Å². The van der Waals surface area contributed by atoms with Crippen LogP contribution in [0.3, 0.4) is 0 Å². The molecule has 0 heterocycles. The normalized spacial score (nSPS) is 15.1. The predicted molar refractivity (Wildman–Crippen MR) is 45.4 cm³/mol. The highest BCUT2D eigenvalue weighted by atomic mass is 16.4. The minimum Gasteiger partial charge on any atom is -0.544 e. The number of quaternary nitrogens is 1. The van der Waals surface area contributed by atoms with Crippen molar-refractivity contribution in [1.82, 2.24) is 0 Å². The Hall–Kier alpha value is -0.690. The summed E-state index contributed by atoms with van der Waals surface area (Å²) in [6.45, 7) is -0.550. The van der Waals surface area contributed by atoms with Gasteiger partial charge in [-0.3, -0.25) is 0 Å². The number of aliphatic hydroxyl groups is 3. The fourth-order valence-corrected chi connectivity index (χ4v) is 1.35. The predicted octanol–water partition coefficient (Wildman–Crippen LogP) is -4.64. The number of aliphatic carboxylic acids is 1. The van der Waals surface area contributed by atoms with E-state index >= 15 is 0 Å². The zero-order valence-electron chi connectivity index (χ0n) is 7.98. The third-order valence-electron chi connectivity index (χ3n) is 2.08. The Bertz CT molecular complexity index is 164. The average Bonchev–Trinajstić information content (AvgIpc) is 2.13. The minimum atomic E-state index is -1.23. The van der Waals surface area contributed by atoms with Gasteiger partial charge in [0.05, 0.1) is 19.2 Å². The van der Waals surface area contributed by atoms with Gasteiger partial charge < -0.3 is 30.1 Å². The van der Waals surface area contributed by atoms with Crippen LogP contribution in [0.1, 0.15) is 6.42 Å². The van der Waals surface area contributed by atoms with Crippen LogP contribution in [0.5, 0.6) is 0 Å². The summed E-state index contributed by atoms with van der Waals surface area (Å²) < 4.78 is 0. The van der Waals surface area contributed by atoms with Crippen molar-refractivity contribution in [3.63, 3.8) is 0 Å². The van der Waals surface area contributed by atoms with Crippen LogP contribution in [0, 0.1) is 0 Å². The number of carboxylic acids is 1.